The van der Waals surface area contributed by atoms with Crippen molar-refractivity contribution < 1.29 is 0 Å². The smallest absolute Gasteiger partial charge is 0.0837 e. The largest absolute Gasteiger partial charge is 0.308 e. The molecule has 0 fully saturated rings. The molecular formula is C12H14Cl2N4. The molecule has 2 rings (SSSR count). The van der Waals surface area contributed by atoms with Gasteiger partial charge in [-0.3, -0.25) is 9.67 Å². The summed E-state index contributed by atoms with van der Waals surface area (Å²) in [5.74, 6) is 0. The first-order valence-electron chi connectivity index (χ1n) is 5.66. The summed E-state index contributed by atoms with van der Waals surface area (Å²) in [5.41, 5.74) is 1.85. The van der Waals surface area contributed by atoms with Gasteiger partial charge in [0, 0.05) is 18.9 Å². The van der Waals surface area contributed by atoms with Gasteiger partial charge in [0.05, 0.1) is 28.0 Å². The Labute approximate surface area is 116 Å². The first kappa shape index (κ1) is 13.3. The Morgan fingerprint density at radius 1 is 1.33 bits per heavy atom. The Morgan fingerprint density at radius 2 is 2.11 bits per heavy atom. The summed E-state index contributed by atoms with van der Waals surface area (Å²) in [4.78, 5) is 3.99. The van der Waals surface area contributed by atoms with Gasteiger partial charge in [0.15, 0.2) is 0 Å². The van der Waals surface area contributed by atoms with Gasteiger partial charge in [-0.25, -0.2) is 0 Å². The van der Waals surface area contributed by atoms with E-state index >= 15 is 0 Å². The molecule has 0 spiro atoms. The van der Waals surface area contributed by atoms with Crippen molar-refractivity contribution in [3.05, 3.63) is 46.0 Å². The lowest BCUT2D eigenvalue weighted by atomic mass is 10.1. The molecule has 2 aromatic rings. The van der Waals surface area contributed by atoms with Crippen molar-refractivity contribution in [3.8, 4) is 0 Å². The molecule has 0 saturated carbocycles. The van der Waals surface area contributed by atoms with Crippen LogP contribution in [0.5, 0.6) is 0 Å². The zero-order valence-electron chi connectivity index (χ0n) is 10.2. The van der Waals surface area contributed by atoms with Crippen LogP contribution in [-0.2, 0) is 6.54 Å². The maximum absolute atomic E-state index is 6.22. The Kier molecular flexibility index (Phi) is 4.22. The third-order valence-corrected chi connectivity index (χ3v) is 3.42. The molecule has 0 aliphatic rings. The third-order valence-electron chi connectivity index (χ3n) is 2.81. The zero-order valence-corrected chi connectivity index (χ0v) is 11.7. The average Bonchev–Trinajstić information content (AvgIpc) is 2.74. The fourth-order valence-corrected chi connectivity index (χ4v) is 2.45. The third kappa shape index (κ3) is 2.36. The zero-order chi connectivity index (χ0) is 13.1. The quantitative estimate of drug-likeness (QED) is 0.939. The van der Waals surface area contributed by atoms with Gasteiger partial charge in [0.25, 0.3) is 0 Å². The number of nitrogens with zero attached hydrogens (tertiary/aromatic N) is 3. The maximum atomic E-state index is 6.22. The molecule has 4 nitrogen and oxygen atoms in total. The molecule has 0 amide bonds. The summed E-state index contributed by atoms with van der Waals surface area (Å²) in [6.45, 7) is 2.77. The lowest BCUT2D eigenvalue weighted by Crippen LogP contribution is -2.22. The van der Waals surface area contributed by atoms with Crippen molar-refractivity contribution in [2.24, 2.45) is 0 Å². The van der Waals surface area contributed by atoms with Crippen LogP contribution in [0.1, 0.15) is 24.2 Å². The molecule has 2 aromatic heterocycles. The number of nitrogens with one attached hydrogen (secondary N) is 1. The van der Waals surface area contributed by atoms with E-state index in [0.717, 1.165) is 17.8 Å². The standard InChI is InChI=1S/C12H14Cl2N4/c1-3-18-12(10(14)7-17-18)11(15-2)8-4-5-16-6-9(8)13/h4-7,11,15H,3H2,1-2H3. The van der Waals surface area contributed by atoms with E-state index in [2.05, 4.69) is 15.4 Å². The van der Waals surface area contributed by atoms with Gasteiger partial charge in [0.2, 0.25) is 0 Å². The van der Waals surface area contributed by atoms with Crippen LogP contribution in [0, 0.1) is 0 Å². The Balaban J connectivity index is 2.52. The predicted molar refractivity (Wildman–Crippen MR) is 73.1 cm³/mol. The number of halogens is 2. The molecule has 96 valence electrons. The molecule has 2 heterocycles. The highest BCUT2D eigenvalue weighted by atomic mass is 35.5. The van der Waals surface area contributed by atoms with Crippen molar-refractivity contribution in [2.75, 3.05) is 7.05 Å². The van der Waals surface area contributed by atoms with Crippen molar-refractivity contribution >= 4 is 23.2 Å². The normalized spacial score (nSPS) is 12.7. The molecule has 0 saturated heterocycles. The highest BCUT2D eigenvalue weighted by Gasteiger charge is 2.22. The van der Waals surface area contributed by atoms with Crippen molar-refractivity contribution in [1.82, 2.24) is 20.1 Å². The summed E-state index contributed by atoms with van der Waals surface area (Å²) in [5, 5.41) is 8.70. The monoisotopic (exact) mass is 284 g/mol. The van der Waals surface area contributed by atoms with Crippen LogP contribution >= 0.6 is 23.2 Å². The van der Waals surface area contributed by atoms with Crippen LogP contribution in [0.4, 0.5) is 0 Å². The van der Waals surface area contributed by atoms with Gasteiger partial charge in [-0.15, -0.1) is 0 Å². The van der Waals surface area contributed by atoms with E-state index in [9.17, 15) is 0 Å². The van der Waals surface area contributed by atoms with Crippen LogP contribution < -0.4 is 5.32 Å². The number of hydrogen-bond acceptors (Lipinski definition) is 3. The molecule has 0 aliphatic carbocycles. The SMILES string of the molecule is CCn1ncc(Cl)c1C(NC)c1ccncc1Cl. The predicted octanol–water partition coefficient (Wildman–Crippen LogP) is 2.91. The Bertz CT molecular complexity index is 539. The minimum atomic E-state index is -0.101. The van der Waals surface area contributed by atoms with Crippen molar-refractivity contribution in [2.45, 2.75) is 19.5 Å². The molecule has 0 bridgehead atoms. The molecule has 0 aliphatic heterocycles. The number of hydrogen-bond donors (Lipinski definition) is 1. The van der Waals surface area contributed by atoms with Crippen molar-refractivity contribution in [3.63, 3.8) is 0 Å². The number of rotatable bonds is 4. The Morgan fingerprint density at radius 3 is 2.72 bits per heavy atom. The molecule has 0 aromatic carbocycles. The number of pyridine rings is 1. The van der Waals surface area contributed by atoms with E-state index < -0.39 is 0 Å². The van der Waals surface area contributed by atoms with E-state index in [1.807, 2.05) is 24.7 Å². The summed E-state index contributed by atoms with van der Waals surface area (Å²) in [6.07, 6.45) is 4.99. The number of aryl methyl sites for hydroxylation is 1. The second-order valence-electron chi connectivity index (χ2n) is 3.81. The summed E-state index contributed by atoms with van der Waals surface area (Å²) in [7, 11) is 1.87. The van der Waals surface area contributed by atoms with Gasteiger partial charge >= 0.3 is 0 Å². The van der Waals surface area contributed by atoms with Crippen LogP contribution in [0.15, 0.2) is 24.7 Å². The Hall–Kier alpha value is -1.10. The molecule has 6 heteroatoms. The second-order valence-corrected chi connectivity index (χ2v) is 4.63. The van der Waals surface area contributed by atoms with E-state index in [-0.39, 0.29) is 6.04 Å². The molecular weight excluding hydrogens is 271 g/mol. The second kappa shape index (κ2) is 5.69. The molecule has 1 unspecified atom stereocenters. The highest BCUT2D eigenvalue weighted by Crippen LogP contribution is 2.31. The topological polar surface area (TPSA) is 42.7 Å². The number of aromatic nitrogens is 3. The minimum absolute atomic E-state index is 0.101. The van der Waals surface area contributed by atoms with Crippen LogP contribution in [0.2, 0.25) is 10.0 Å². The van der Waals surface area contributed by atoms with Crippen LogP contribution in [0.3, 0.4) is 0 Å². The first-order valence-corrected chi connectivity index (χ1v) is 6.42. The average molecular weight is 285 g/mol. The molecule has 0 radical (unpaired) electrons. The summed E-state index contributed by atoms with van der Waals surface area (Å²) in [6, 6.07) is 1.78. The molecule has 1 N–H and O–H groups in total. The van der Waals surface area contributed by atoms with E-state index in [0.29, 0.717) is 10.0 Å². The van der Waals surface area contributed by atoms with Crippen LogP contribution in [-0.4, -0.2) is 21.8 Å². The lowest BCUT2D eigenvalue weighted by molar-refractivity contribution is 0.563. The maximum Gasteiger partial charge on any atom is 0.0837 e. The summed E-state index contributed by atoms with van der Waals surface area (Å²) < 4.78 is 1.86. The van der Waals surface area contributed by atoms with Gasteiger partial charge in [-0.05, 0) is 25.6 Å². The highest BCUT2D eigenvalue weighted by molar-refractivity contribution is 6.32. The molecule has 1 atom stereocenters. The first-order chi connectivity index (χ1) is 8.69. The van der Waals surface area contributed by atoms with E-state index in [4.69, 9.17) is 23.2 Å². The van der Waals surface area contributed by atoms with Crippen molar-refractivity contribution in [1.29, 1.82) is 0 Å². The fraction of sp³-hybridized carbons (Fsp3) is 0.333. The van der Waals surface area contributed by atoms with Crippen LogP contribution in [0.25, 0.3) is 0 Å². The van der Waals surface area contributed by atoms with E-state index in [1.54, 1.807) is 18.6 Å². The lowest BCUT2D eigenvalue weighted by Gasteiger charge is -2.19. The van der Waals surface area contributed by atoms with Gasteiger partial charge in [-0.1, -0.05) is 23.2 Å². The van der Waals surface area contributed by atoms with Gasteiger partial charge < -0.3 is 5.32 Å². The van der Waals surface area contributed by atoms with E-state index in [1.165, 1.54) is 0 Å². The molecule has 18 heavy (non-hydrogen) atoms. The minimum Gasteiger partial charge on any atom is -0.308 e. The van der Waals surface area contributed by atoms with Gasteiger partial charge in [-0.2, -0.15) is 5.10 Å². The summed E-state index contributed by atoms with van der Waals surface area (Å²) >= 11 is 12.4. The fourth-order valence-electron chi connectivity index (χ4n) is 1.97. The van der Waals surface area contributed by atoms with Gasteiger partial charge in [0.1, 0.15) is 0 Å².